The van der Waals surface area contributed by atoms with Crippen molar-refractivity contribution in [2.45, 2.75) is 4.90 Å². The molecule has 2 rings (SSSR count). The molecule has 2 aromatic rings. The number of carbonyl (C=O) groups is 1. The normalized spacial score (nSPS) is 11.1. The second-order valence-corrected chi connectivity index (χ2v) is 5.13. The van der Waals surface area contributed by atoms with Gasteiger partial charge in [0.25, 0.3) is 15.9 Å². The maximum atomic E-state index is 11.9. The number of hydrogen-bond acceptors (Lipinski definition) is 4. The zero-order valence-electron chi connectivity index (χ0n) is 9.12. The maximum absolute atomic E-state index is 11.9. The Balaban J connectivity index is 2.39. The number of anilines is 1. The van der Waals surface area contributed by atoms with Gasteiger partial charge in [-0.15, -0.1) is 0 Å². The molecule has 0 saturated carbocycles. The number of sulfonamides is 1. The number of nitrogens with one attached hydrogen (secondary N) is 2. The Labute approximate surface area is 103 Å². The summed E-state index contributed by atoms with van der Waals surface area (Å²) < 4.78 is 26.1. The van der Waals surface area contributed by atoms with Crippen LogP contribution in [0.25, 0.3) is 0 Å². The van der Waals surface area contributed by atoms with Gasteiger partial charge < -0.3 is 5.73 Å². The fourth-order valence-electron chi connectivity index (χ4n) is 1.38. The summed E-state index contributed by atoms with van der Waals surface area (Å²) in [5.41, 5.74) is 5.39. The summed E-state index contributed by atoms with van der Waals surface area (Å²) in [6, 6.07) is 6.09. The molecule has 0 spiro atoms. The third-order valence-corrected chi connectivity index (χ3v) is 3.55. The van der Waals surface area contributed by atoms with Crippen molar-refractivity contribution in [1.82, 2.24) is 10.2 Å². The number of aromatic nitrogens is 2. The van der Waals surface area contributed by atoms with Gasteiger partial charge in [-0.2, -0.15) is 5.10 Å². The first-order valence-electron chi connectivity index (χ1n) is 4.91. The largest absolute Gasteiger partial charge is 0.366 e. The number of amides is 1. The number of nitrogens with zero attached hydrogens (tertiary/aromatic N) is 1. The highest BCUT2D eigenvalue weighted by Crippen LogP contribution is 2.18. The van der Waals surface area contributed by atoms with Crippen LogP contribution >= 0.6 is 0 Å². The second-order valence-electron chi connectivity index (χ2n) is 3.45. The summed E-state index contributed by atoms with van der Waals surface area (Å²) >= 11 is 0. The van der Waals surface area contributed by atoms with Crippen molar-refractivity contribution >= 4 is 21.6 Å². The molecule has 0 aliphatic rings. The maximum Gasteiger partial charge on any atom is 0.265 e. The summed E-state index contributed by atoms with van der Waals surface area (Å²) in [6.45, 7) is 0. The van der Waals surface area contributed by atoms with Crippen molar-refractivity contribution in [3.05, 3.63) is 42.2 Å². The third kappa shape index (κ3) is 2.33. The van der Waals surface area contributed by atoms with E-state index < -0.39 is 15.9 Å². The summed E-state index contributed by atoms with van der Waals surface area (Å²) in [7, 11) is -3.78. The molecular formula is C10H10N4O3S. The zero-order chi connectivity index (χ0) is 13.2. The van der Waals surface area contributed by atoms with Gasteiger partial charge in [0.1, 0.15) is 4.90 Å². The highest BCUT2D eigenvalue weighted by molar-refractivity contribution is 7.92. The molecule has 0 bridgehead atoms. The first-order chi connectivity index (χ1) is 8.50. The second kappa shape index (κ2) is 4.49. The monoisotopic (exact) mass is 266 g/mol. The van der Waals surface area contributed by atoms with Crippen LogP contribution in [0.3, 0.4) is 0 Å². The molecule has 1 heterocycles. The van der Waals surface area contributed by atoms with Crippen LogP contribution < -0.4 is 10.5 Å². The van der Waals surface area contributed by atoms with Gasteiger partial charge in [0.05, 0.1) is 17.4 Å². The van der Waals surface area contributed by atoms with Gasteiger partial charge in [-0.1, -0.05) is 12.1 Å². The van der Waals surface area contributed by atoms with Crippen LogP contribution in [0.15, 0.2) is 41.6 Å². The van der Waals surface area contributed by atoms with Gasteiger partial charge in [0, 0.05) is 6.20 Å². The average molecular weight is 266 g/mol. The van der Waals surface area contributed by atoms with E-state index in [-0.39, 0.29) is 16.1 Å². The molecule has 1 aromatic heterocycles. The number of benzene rings is 1. The molecular weight excluding hydrogens is 256 g/mol. The number of nitrogens with two attached hydrogens (primary N) is 1. The van der Waals surface area contributed by atoms with Gasteiger partial charge >= 0.3 is 0 Å². The lowest BCUT2D eigenvalue weighted by molar-refractivity contribution is 0.100. The summed E-state index contributed by atoms with van der Waals surface area (Å²) in [5, 5.41) is 5.95. The molecule has 0 unspecified atom stereocenters. The fourth-order valence-corrected chi connectivity index (χ4v) is 2.36. The molecule has 1 aromatic carbocycles. The van der Waals surface area contributed by atoms with E-state index in [1.807, 2.05) is 0 Å². The quantitative estimate of drug-likeness (QED) is 0.737. The molecule has 0 fully saturated rings. The standard InChI is InChI=1S/C10H10N4O3S/c11-10(15)8-3-1-2-4-9(8)14-18(16,17)7-5-12-13-6-7/h1-6,14H,(H2,11,15)(H,12,13). The Kier molecular flexibility index (Phi) is 3.02. The molecule has 7 nitrogen and oxygen atoms in total. The van der Waals surface area contributed by atoms with E-state index in [0.29, 0.717) is 0 Å². The van der Waals surface area contributed by atoms with Gasteiger partial charge in [-0.3, -0.25) is 14.6 Å². The SMILES string of the molecule is NC(=O)c1ccccc1NS(=O)(=O)c1cn[nH]c1. The summed E-state index contributed by atoms with van der Waals surface area (Å²) in [4.78, 5) is 11.1. The van der Waals surface area contributed by atoms with Crippen molar-refractivity contribution in [2.75, 3.05) is 4.72 Å². The zero-order valence-corrected chi connectivity index (χ0v) is 9.94. The van der Waals surface area contributed by atoms with Gasteiger partial charge in [0.15, 0.2) is 0 Å². The Morgan fingerprint density at radius 1 is 1.33 bits per heavy atom. The lowest BCUT2D eigenvalue weighted by Crippen LogP contribution is -2.18. The number of carbonyl (C=O) groups excluding carboxylic acids is 1. The van der Waals surface area contributed by atoms with E-state index in [9.17, 15) is 13.2 Å². The van der Waals surface area contributed by atoms with Crippen LogP contribution in [-0.4, -0.2) is 24.5 Å². The van der Waals surface area contributed by atoms with Crippen LogP contribution in [0.5, 0.6) is 0 Å². The van der Waals surface area contributed by atoms with E-state index >= 15 is 0 Å². The number of H-pyrrole nitrogens is 1. The highest BCUT2D eigenvalue weighted by atomic mass is 32.2. The minimum absolute atomic E-state index is 0.0261. The number of para-hydroxylation sites is 1. The lowest BCUT2D eigenvalue weighted by atomic mass is 10.2. The van der Waals surface area contributed by atoms with Gasteiger partial charge in [-0.25, -0.2) is 8.42 Å². The first-order valence-corrected chi connectivity index (χ1v) is 6.39. The predicted octanol–water partition coefficient (Wildman–Crippen LogP) is 0.309. The summed E-state index contributed by atoms with van der Waals surface area (Å²) in [6.07, 6.45) is 2.39. The minimum Gasteiger partial charge on any atom is -0.366 e. The molecule has 1 amide bonds. The third-order valence-electron chi connectivity index (χ3n) is 2.22. The molecule has 0 aliphatic heterocycles. The first kappa shape index (κ1) is 12.1. The molecule has 18 heavy (non-hydrogen) atoms. The van der Waals surface area contributed by atoms with E-state index in [1.165, 1.54) is 18.3 Å². The van der Waals surface area contributed by atoms with Gasteiger partial charge in [-0.05, 0) is 12.1 Å². The molecule has 0 saturated heterocycles. The minimum atomic E-state index is -3.78. The van der Waals surface area contributed by atoms with Crippen molar-refractivity contribution < 1.29 is 13.2 Å². The smallest absolute Gasteiger partial charge is 0.265 e. The molecule has 8 heteroatoms. The number of primary amides is 1. The Hall–Kier alpha value is -2.35. The molecule has 0 aliphatic carbocycles. The Morgan fingerprint density at radius 2 is 2.06 bits per heavy atom. The van der Waals surface area contributed by atoms with Crippen LogP contribution in [0.1, 0.15) is 10.4 Å². The molecule has 94 valence electrons. The topological polar surface area (TPSA) is 118 Å². The van der Waals surface area contributed by atoms with Crippen LogP contribution in [-0.2, 0) is 10.0 Å². The van der Waals surface area contributed by atoms with Crippen molar-refractivity contribution in [2.24, 2.45) is 5.73 Å². The van der Waals surface area contributed by atoms with E-state index in [4.69, 9.17) is 5.73 Å². The van der Waals surface area contributed by atoms with Crippen LogP contribution in [0.2, 0.25) is 0 Å². The molecule has 0 radical (unpaired) electrons. The summed E-state index contributed by atoms with van der Waals surface area (Å²) in [5.74, 6) is -0.708. The van der Waals surface area contributed by atoms with E-state index in [2.05, 4.69) is 14.9 Å². The lowest BCUT2D eigenvalue weighted by Gasteiger charge is -2.09. The van der Waals surface area contributed by atoms with Crippen LogP contribution in [0.4, 0.5) is 5.69 Å². The Bertz CT molecular complexity index is 664. The highest BCUT2D eigenvalue weighted by Gasteiger charge is 2.18. The Morgan fingerprint density at radius 3 is 2.67 bits per heavy atom. The van der Waals surface area contributed by atoms with Gasteiger partial charge in [0.2, 0.25) is 0 Å². The van der Waals surface area contributed by atoms with E-state index in [0.717, 1.165) is 6.20 Å². The predicted molar refractivity (Wildman–Crippen MR) is 64.4 cm³/mol. The molecule has 4 N–H and O–H groups in total. The van der Waals surface area contributed by atoms with Crippen LogP contribution in [0, 0.1) is 0 Å². The number of hydrogen-bond donors (Lipinski definition) is 3. The van der Waals surface area contributed by atoms with Crippen molar-refractivity contribution in [3.63, 3.8) is 0 Å². The number of rotatable bonds is 4. The fraction of sp³-hybridized carbons (Fsp3) is 0. The van der Waals surface area contributed by atoms with Crippen molar-refractivity contribution in [3.8, 4) is 0 Å². The molecule has 0 atom stereocenters. The van der Waals surface area contributed by atoms with Crippen molar-refractivity contribution in [1.29, 1.82) is 0 Å². The number of aromatic amines is 1. The average Bonchev–Trinajstić information content (AvgIpc) is 2.83. The van der Waals surface area contributed by atoms with E-state index in [1.54, 1.807) is 12.1 Å².